The van der Waals surface area contributed by atoms with Crippen LogP contribution in [0.3, 0.4) is 0 Å². The van der Waals surface area contributed by atoms with Crippen molar-refractivity contribution >= 4 is 5.91 Å². The lowest BCUT2D eigenvalue weighted by Gasteiger charge is -2.14. The lowest BCUT2D eigenvalue weighted by Crippen LogP contribution is -2.35. The van der Waals surface area contributed by atoms with Crippen molar-refractivity contribution in [1.29, 1.82) is 0 Å². The topological polar surface area (TPSA) is 50.2 Å². The first-order valence-electron chi connectivity index (χ1n) is 6.74. The predicted octanol–water partition coefficient (Wildman–Crippen LogP) is 1.44. The van der Waals surface area contributed by atoms with Gasteiger partial charge in [0.15, 0.2) is 0 Å². The minimum absolute atomic E-state index is 0.1000. The Morgan fingerprint density at radius 2 is 2.10 bits per heavy atom. The number of hydrogen-bond acceptors (Lipinski definition) is 3. The zero-order chi connectivity index (χ0) is 14.4. The highest BCUT2D eigenvalue weighted by molar-refractivity contribution is 5.77. The van der Waals surface area contributed by atoms with Gasteiger partial charge in [0.1, 0.15) is 0 Å². The van der Waals surface area contributed by atoms with E-state index in [1.165, 1.54) is 0 Å². The lowest BCUT2D eigenvalue weighted by atomic mass is 10.3. The molecule has 2 aromatic rings. The van der Waals surface area contributed by atoms with Crippen molar-refractivity contribution in [1.82, 2.24) is 20.0 Å². The van der Waals surface area contributed by atoms with Gasteiger partial charge in [-0.1, -0.05) is 18.2 Å². The van der Waals surface area contributed by atoms with Gasteiger partial charge in [-0.15, -0.1) is 0 Å². The SMILES string of the molecule is CCN(C)C(=O)CNCc1cnn(-c2ccccc2)c1. The Hall–Kier alpha value is -2.14. The summed E-state index contributed by atoms with van der Waals surface area (Å²) < 4.78 is 1.83. The molecule has 0 aliphatic carbocycles. The first-order valence-corrected chi connectivity index (χ1v) is 6.74. The summed E-state index contributed by atoms with van der Waals surface area (Å²) in [7, 11) is 1.80. The van der Waals surface area contributed by atoms with Crippen LogP contribution < -0.4 is 5.32 Å². The van der Waals surface area contributed by atoms with E-state index in [9.17, 15) is 4.79 Å². The molecule has 0 unspecified atom stereocenters. The number of carbonyl (C=O) groups is 1. The zero-order valence-electron chi connectivity index (χ0n) is 11.9. The summed E-state index contributed by atoms with van der Waals surface area (Å²) in [6.07, 6.45) is 3.78. The second-order valence-corrected chi connectivity index (χ2v) is 4.64. The predicted molar refractivity (Wildman–Crippen MR) is 78.6 cm³/mol. The number of rotatable bonds is 6. The van der Waals surface area contributed by atoms with E-state index in [2.05, 4.69) is 10.4 Å². The van der Waals surface area contributed by atoms with Crippen LogP contribution in [-0.4, -0.2) is 40.7 Å². The first-order chi connectivity index (χ1) is 9.70. The number of likely N-dealkylation sites (N-methyl/N-ethyl adjacent to an activating group) is 1. The highest BCUT2D eigenvalue weighted by atomic mass is 16.2. The van der Waals surface area contributed by atoms with Crippen molar-refractivity contribution < 1.29 is 4.79 Å². The number of carbonyl (C=O) groups excluding carboxylic acids is 1. The monoisotopic (exact) mass is 272 g/mol. The molecule has 0 radical (unpaired) electrons. The molecule has 1 aromatic carbocycles. The molecule has 2 rings (SSSR count). The van der Waals surface area contributed by atoms with Crippen LogP contribution in [0.15, 0.2) is 42.7 Å². The van der Waals surface area contributed by atoms with Gasteiger partial charge in [0.25, 0.3) is 0 Å². The average Bonchev–Trinajstić information content (AvgIpc) is 2.96. The Labute approximate surface area is 119 Å². The van der Waals surface area contributed by atoms with Crippen molar-refractivity contribution in [2.75, 3.05) is 20.1 Å². The Bertz CT molecular complexity index is 550. The minimum Gasteiger partial charge on any atom is -0.345 e. The maximum absolute atomic E-state index is 11.6. The third-order valence-corrected chi connectivity index (χ3v) is 3.16. The molecule has 106 valence electrons. The van der Waals surface area contributed by atoms with Crippen LogP contribution in [0.4, 0.5) is 0 Å². The Balaban J connectivity index is 1.86. The fourth-order valence-electron chi connectivity index (χ4n) is 1.80. The quantitative estimate of drug-likeness (QED) is 0.865. The van der Waals surface area contributed by atoms with E-state index < -0.39 is 0 Å². The van der Waals surface area contributed by atoms with Gasteiger partial charge in [-0.05, 0) is 19.1 Å². The summed E-state index contributed by atoms with van der Waals surface area (Å²) in [4.78, 5) is 13.3. The summed E-state index contributed by atoms with van der Waals surface area (Å²) in [6.45, 7) is 3.67. The van der Waals surface area contributed by atoms with Crippen LogP contribution in [0.25, 0.3) is 5.69 Å². The van der Waals surface area contributed by atoms with Crippen LogP contribution >= 0.6 is 0 Å². The molecule has 0 aliphatic rings. The average molecular weight is 272 g/mol. The highest BCUT2D eigenvalue weighted by Crippen LogP contribution is 2.07. The van der Waals surface area contributed by atoms with E-state index in [4.69, 9.17) is 0 Å². The Morgan fingerprint density at radius 3 is 2.80 bits per heavy atom. The lowest BCUT2D eigenvalue weighted by molar-refractivity contribution is -0.128. The van der Waals surface area contributed by atoms with Gasteiger partial charge in [0, 0.05) is 31.9 Å². The number of amides is 1. The van der Waals surface area contributed by atoms with Crippen molar-refractivity contribution in [2.45, 2.75) is 13.5 Å². The molecule has 1 N–H and O–H groups in total. The van der Waals surface area contributed by atoms with Gasteiger partial charge in [-0.3, -0.25) is 4.79 Å². The molecule has 1 amide bonds. The molecule has 0 saturated carbocycles. The van der Waals surface area contributed by atoms with Crippen molar-refractivity contribution in [2.24, 2.45) is 0 Å². The van der Waals surface area contributed by atoms with Gasteiger partial charge in [-0.2, -0.15) is 5.10 Å². The Morgan fingerprint density at radius 1 is 1.35 bits per heavy atom. The van der Waals surface area contributed by atoms with Gasteiger partial charge in [0.05, 0.1) is 18.4 Å². The highest BCUT2D eigenvalue weighted by Gasteiger charge is 2.06. The van der Waals surface area contributed by atoms with Crippen LogP contribution in [-0.2, 0) is 11.3 Å². The van der Waals surface area contributed by atoms with E-state index in [1.807, 2.05) is 54.3 Å². The molecule has 5 nitrogen and oxygen atoms in total. The normalized spacial score (nSPS) is 10.5. The van der Waals surface area contributed by atoms with E-state index in [1.54, 1.807) is 11.9 Å². The number of hydrogen-bond donors (Lipinski definition) is 1. The molecular weight excluding hydrogens is 252 g/mol. The standard InChI is InChI=1S/C15H20N4O/c1-3-18(2)15(20)11-16-9-13-10-17-19(12-13)14-7-5-4-6-8-14/h4-8,10,12,16H,3,9,11H2,1-2H3. The molecule has 0 saturated heterocycles. The largest absolute Gasteiger partial charge is 0.345 e. The number of para-hydroxylation sites is 1. The summed E-state index contributed by atoms with van der Waals surface area (Å²) >= 11 is 0. The minimum atomic E-state index is 0.1000. The van der Waals surface area contributed by atoms with E-state index in [0.717, 1.165) is 17.8 Å². The van der Waals surface area contributed by atoms with Gasteiger partial charge >= 0.3 is 0 Å². The number of aromatic nitrogens is 2. The van der Waals surface area contributed by atoms with Crippen molar-refractivity contribution in [3.63, 3.8) is 0 Å². The number of benzene rings is 1. The summed E-state index contributed by atoms with van der Waals surface area (Å²) in [5, 5.41) is 7.45. The molecule has 0 bridgehead atoms. The fraction of sp³-hybridized carbons (Fsp3) is 0.333. The van der Waals surface area contributed by atoms with Gasteiger partial charge < -0.3 is 10.2 Å². The van der Waals surface area contributed by atoms with Crippen LogP contribution in [0, 0.1) is 0 Å². The molecule has 5 heteroatoms. The third kappa shape index (κ3) is 3.68. The van der Waals surface area contributed by atoms with E-state index in [-0.39, 0.29) is 5.91 Å². The molecule has 20 heavy (non-hydrogen) atoms. The van der Waals surface area contributed by atoms with E-state index in [0.29, 0.717) is 13.1 Å². The smallest absolute Gasteiger partial charge is 0.236 e. The van der Waals surface area contributed by atoms with Gasteiger partial charge in [-0.25, -0.2) is 4.68 Å². The molecule has 1 heterocycles. The van der Waals surface area contributed by atoms with Crippen LogP contribution in [0.2, 0.25) is 0 Å². The molecule has 1 aromatic heterocycles. The van der Waals surface area contributed by atoms with Gasteiger partial charge in [0.2, 0.25) is 5.91 Å². The molecule has 0 atom stereocenters. The summed E-state index contributed by atoms with van der Waals surface area (Å²) in [5.41, 5.74) is 2.08. The number of nitrogens with one attached hydrogen (secondary N) is 1. The maximum Gasteiger partial charge on any atom is 0.236 e. The summed E-state index contributed by atoms with van der Waals surface area (Å²) in [6, 6.07) is 9.95. The third-order valence-electron chi connectivity index (χ3n) is 3.16. The second-order valence-electron chi connectivity index (χ2n) is 4.64. The van der Waals surface area contributed by atoms with Crippen LogP contribution in [0.5, 0.6) is 0 Å². The molecular formula is C15H20N4O. The molecule has 0 spiro atoms. The van der Waals surface area contributed by atoms with Crippen LogP contribution in [0.1, 0.15) is 12.5 Å². The summed E-state index contributed by atoms with van der Waals surface area (Å²) in [5.74, 6) is 0.1000. The van der Waals surface area contributed by atoms with Crippen molar-refractivity contribution in [3.05, 3.63) is 48.3 Å². The maximum atomic E-state index is 11.6. The number of nitrogens with zero attached hydrogens (tertiary/aromatic N) is 3. The van der Waals surface area contributed by atoms with E-state index >= 15 is 0 Å². The Kier molecular flexibility index (Phi) is 4.90. The second kappa shape index (κ2) is 6.86. The zero-order valence-corrected chi connectivity index (χ0v) is 11.9. The fourth-order valence-corrected chi connectivity index (χ4v) is 1.80. The molecule has 0 fully saturated rings. The molecule has 0 aliphatic heterocycles. The first kappa shape index (κ1) is 14.3. The van der Waals surface area contributed by atoms with Crippen molar-refractivity contribution in [3.8, 4) is 5.69 Å².